The van der Waals surface area contributed by atoms with E-state index in [4.69, 9.17) is 5.73 Å². The number of hydrogen-bond donors (Lipinski definition) is 2. The number of likely N-dealkylation sites (tertiary alicyclic amines) is 1. The highest BCUT2D eigenvalue weighted by Gasteiger charge is 2.32. The van der Waals surface area contributed by atoms with Gasteiger partial charge in [0.05, 0.1) is 6.54 Å². The molecule has 0 aromatic heterocycles. The number of benzene rings is 1. The Hall–Kier alpha value is -1.76. The van der Waals surface area contributed by atoms with Crippen molar-refractivity contribution in [3.63, 3.8) is 0 Å². The van der Waals surface area contributed by atoms with E-state index in [1.807, 2.05) is 6.07 Å². The second kappa shape index (κ2) is 7.64. The van der Waals surface area contributed by atoms with E-state index in [1.54, 1.807) is 0 Å². The molecule has 0 saturated carbocycles. The zero-order valence-corrected chi connectivity index (χ0v) is 14.3. The number of nitrogens with zero attached hydrogens (tertiary/aromatic N) is 2. The molecule has 1 aliphatic carbocycles. The predicted molar refractivity (Wildman–Crippen MR) is 93.8 cm³/mol. The fraction of sp³-hybridized carbons (Fsp3) is 0.611. The van der Waals surface area contributed by atoms with Gasteiger partial charge in [-0.2, -0.15) is 13.2 Å². The quantitative estimate of drug-likeness (QED) is 0.645. The Kier molecular flexibility index (Phi) is 5.51. The van der Waals surface area contributed by atoms with Gasteiger partial charge in [-0.15, -0.1) is 0 Å². The summed E-state index contributed by atoms with van der Waals surface area (Å²) in [5, 5.41) is 3.12. The minimum absolute atomic E-state index is 0.296. The predicted octanol–water partition coefficient (Wildman–Crippen LogP) is 3.18. The number of guanidine groups is 1. The van der Waals surface area contributed by atoms with Gasteiger partial charge in [0.15, 0.2) is 5.96 Å². The highest BCUT2D eigenvalue weighted by atomic mass is 19.4. The summed E-state index contributed by atoms with van der Waals surface area (Å²) >= 11 is 0. The van der Waals surface area contributed by atoms with E-state index in [-0.39, 0.29) is 0 Å². The summed E-state index contributed by atoms with van der Waals surface area (Å²) in [7, 11) is 0. The smallest absolute Gasteiger partial charge is 0.370 e. The van der Waals surface area contributed by atoms with Gasteiger partial charge in [0.25, 0.3) is 0 Å². The zero-order valence-electron chi connectivity index (χ0n) is 14.3. The number of piperidine rings is 1. The van der Waals surface area contributed by atoms with Crippen LogP contribution in [0.5, 0.6) is 0 Å². The monoisotopic (exact) mass is 354 g/mol. The van der Waals surface area contributed by atoms with E-state index in [0.717, 1.165) is 31.4 Å². The summed E-state index contributed by atoms with van der Waals surface area (Å²) in [4.78, 5) is 5.84. The van der Waals surface area contributed by atoms with Gasteiger partial charge < -0.3 is 11.1 Å². The maximum Gasteiger partial charge on any atom is 0.401 e. The molecule has 1 aliphatic heterocycles. The lowest BCUT2D eigenvalue weighted by Crippen LogP contribution is -2.40. The van der Waals surface area contributed by atoms with Crippen LogP contribution in [0.3, 0.4) is 0 Å². The van der Waals surface area contributed by atoms with Gasteiger partial charge in [-0.25, -0.2) is 0 Å². The topological polar surface area (TPSA) is 53.6 Å². The summed E-state index contributed by atoms with van der Waals surface area (Å²) in [5.41, 5.74) is 9.68. The molecule has 0 amide bonds. The Bertz CT molecular complexity index is 619. The number of nitrogens with two attached hydrogens (primary N) is 1. The minimum Gasteiger partial charge on any atom is -0.370 e. The lowest BCUT2D eigenvalue weighted by molar-refractivity contribution is -0.148. The molecule has 0 radical (unpaired) electrons. The number of hydrogen-bond acceptors (Lipinski definition) is 2. The largest absolute Gasteiger partial charge is 0.401 e. The number of nitrogens with one attached hydrogen (secondary N) is 1. The molecule has 3 rings (SSSR count). The van der Waals surface area contributed by atoms with Crippen molar-refractivity contribution in [3.05, 3.63) is 29.3 Å². The second-order valence-corrected chi connectivity index (χ2v) is 7.02. The van der Waals surface area contributed by atoms with Crippen LogP contribution in [-0.4, -0.2) is 43.2 Å². The third-order valence-electron chi connectivity index (χ3n) is 5.00. The van der Waals surface area contributed by atoms with Crippen LogP contribution in [0.1, 0.15) is 30.4 Å². The number of aryl methyl sites for hydroxylation is 2. The lowest BCUT2D eigenvalue weighted by Gasteiger charge is -2.31. The maximum atomic E-state index is 12.4. The van der Waals surface area contributed by atoms with Gasteiger partial charge in [0.2, 0.25) is 0 Å². The SMILES string of the molecule is NC(=NCC1CCN(CC(F)(F)F)CC1)Nc1ccc2c(c1)CCC2. The Labute approximate surface area is 146 Å². The summed E-state index contributed by atoms with van der Waals surface area (Å²) in [5.74, 6) is 0.667. The molecule has 4 nitrogen and oxygen atoms in total. The normalized spacial score (nSPS) is 19.9. The van der Waals surface area contributed by atoms with Crippen molar-refractivity contribution in [1.29, 1.82) is 0 Å². The van der Waals surface area contributed by atoms with Crippen molar-refractivity contribution in [2.75, 3.05) is 31.5 Å². The van der Waals surface area contributed by atoms with Crippen molar-refractivity contribution in [2.24, 2.45) is 16.6 Å². The van der Waals surface area contributed by atoms with Crippen LogP contribution < -0.4 is 11.1 Å². The highest BCUT2D eigenvalue weighted by Crippen LogP contribution is 2.25. The standard InChI is InChI=1S/C18H25F3N4/c19-18(20,21)12-25-8-6-13(7-9-25)11-23-17(22)24-16-5-4-14-2-1-3-15(14)10-16/h4-5,10,13H,1-3,6-9,11-12H2,(H3,22,23,24). The maximum absolute atomic E-state index is 12.4. The lowest BCUT2D eigenvalue weighted by atomic mass is 9.97. The summed E-state index contributed by atoms with van der Waals surface area (Å²) in [6.45, 7) is 0.685. The van der Waals surface area contributed by atoms with Crippen LogP contribution in [-0.2, 0) is 12.8 Å². The number of alkyl halides is 3. The Morgan fingerprint density at radius 3 is 2.64 bits per heavy atom. The van der Waals surface area contributed by atoms with Crippen molar-refractivity contribution < 1.29 is 13.2 Å². The van der Waals surface area contributed by atoms with Gasteiger partial charge in [-0.1, -0.05) is 6.07 Å². The van der Waals surface area contributed by atoms with Crippen LogP contribution in [0.4, 0.5) is 18.9 Å². The van der Waals surface area contributed by atoms with E-state index in [2.05, 4.69) is 22.4 Å². The molecule has 1 aromatic rings. The van der Waals surface area contributed by atoms with Crippen molar-refractivity contribution in [1.82, 2.24) is 4.90 Å². The molecule has 3 N–H and O–H groups in total. The van der Waals surface area contributed by atoms with Gasteiger partial charge in [-0.3, -0.25) is 9.89 Å². The molecule has 0 bridgehead atoms. The zero-order chi connectivity index (χ0) is 17.9. The summed E-state index contributed by atoms with van der Waals surface area (Å²) < 4.78 is 37.2. The van der Waals surface area contributed by atoms with Crippen LogP contribution in [0.25, 0.3) is 0 Å². The molecular weight excluding hydrogens is 329 g/mol. The number of halogens is 3. The van der Waals surface area contributed by atoms with Crippen molar-refractivity contribution in [2.45, 2.75) is 38.3 Å². The Morgan fingerprint density at radius 1 is 1.20 bits per heavy atom. The van der Waals surface area contributed by atoms with Crippen LogP contribution in [0.15, 0.2) is 23.2 Å². The molecule has 25 heavy (non-hydrogen) atoms. The second-order valence-electron chi connectivity index (χ2n) is 7.02. The van der Waals surface area contributed by atoms with E-state index < -0.39 is 12.7 Å². The van der Waals surface area contributed by atoms with Gasteiger partial charge >= 0.3 is 6.18 Å². The molecular formula is C18H25F3N4. The van der Waals surface area contributed by atoms with Gasteiger partial charge in [-0.05, 0) is 74.4 Å². The number of anilines is 1. The molecule has 0 atom stereocenters. The molecule has 1 heterocycles. The van der Waals surface area contributed by atoms with Crippen LogP contribution in [0.2, 0.25) is 0 Å². The van der Waals surface area contributed by atoms with E-state index in [1.165, 1.54) is 22.4 Å². The van der Waals surface area contributed by atoms with Crippen LogP contribution >= 0.6 is 0 Å². The first-order chi connectivity index (χ1) is 11.9. The summed E-state index contributed by atoms with van der Waals surface area (Å²) in [6.07, 6.45) is 0.798. The average Bonchev–Trinajstić information content (AvgIpc) is 3.00. The third-order valence-corrected chi connectivity index (χ3v) is 5.00. The molecule has 1 saturated heterocycles. The first kappa shape index (κ1) is 18.0. The minimum atomic E-state index is -4.12. The van der Waals surface area contributed by atoms with Crippen molar-refractivity contribution in [3.8, 4) is 0 Å². The van der Waals surface area contributed by atoms with Crippen LogP contribution in [0, 0.1) is 5.92 Å². The molecule has 0 spiro atoms. The average molecular weight is 354 g/mol. The molecule has 1 fully saturated rings. The summed E-state index contributed by atoms with van der Waals surface area (Å²) in [6, 6.07) is 6.27. The number of rotatable bonds is 4. The Morgan fingerprint density at radius 2 is 1.92 bits per heavy atom. The Balaban J connectivity index is 1.45. The van der Waals surface area contributed by atoms with E-state index in [9.17, 15) is 13.2 Å². The van der Waals surface area contributed by atoms with E-state index >= 15 is 0 Å². The first-order valence-electron chi connectivity index (χ1n) is 8.87. The highest BCUT2D eigenvalue weighted by molar-refractivity contribution is 5.92. The first-order valence-corrected chi connectivity index (χ1v) is 8.87. The fourth-order valence-corrected chi connectivity index (χ4v) is 3.65. The molecule has 0 unspecified atom stereocenters. The fourth-order valence-electron chi connectivity index (χ4n) is 3.65. The molecule has 2 aliphatic rings. The van der Waals surface area contributed by atoms with Gasteiger partial charge in [0, 0.05) is 12.2 Å². The third kappa shape index (κ3) is 5.36. The van der Waals surface area contributed by atoms with Crippen molar-refractivity contribution >= 4 is 11.6 Å². The van der Waals surface area contributed by atoms with Gasteiger partial charge in [0.1, 0.15) is 0 Å². The molecule has 138 valence electrons. The number of aliphatic imine (C=N–C) groups is 1. The van der Waals surface area contributed by atoms with E-state index in [0.29, 0.717) is 31.5 Å². The molecule has 1 aromatic carbocycles. The molecule has 7 heteroatoms. The number of fused-ring (bicyclic) bond motifs is 1.